The van der Waals surface area contributed by atoms with Gasteiger partial charge in [-0.05, 0) is 12.1 Å². The van der Waals surface area contributed by atoms with Crippen LogP contribution in [0.5, 0.6) is 0 Å². The summed E-state index contributed by atoms with van der Waals surface area (Å²) < 4.78 is 14.5. The number of amides is 1. The van der Waals surface area contributed by atoms with E-state index in [9.17, 15) is 9.18 Å². The van der Waals surface area contributed by atoms with Crippen molar-refractivity contribution in [3.63, 3.8) is 0 Å². The number of nitrogens with zero attached hydrogens (tertiary/aromatic N) is 2. The van der Waals surface area contributed by atoms with Gasteiger partial charge in [0, 0.05) is 32.3 Å². The van der Waals surface area contributed by atoms with E-state index in [4.69, 9.17) is 0 Å². The zero-order valence-electron chi connectivity index (χ0n) is 8.90. The Hall–Kier alpha value is -1.91. The molecule has 2 aromatic rings. The number of hydrogen-bond acceptors (Lipinski definition) is 2. The Bertz CT molecular complexity index is 521. The Labute approximate surface area is 92.1 Å². The number of aromatic nitrogens is 2. The lowest BCUT2D eigenvalue weighted by Crippen LogP contribution is -2.22. The minimum atomic E-state index is -0.293. The first kappa shape index (κ1) is 10.6. The number of carbonyl (C=O) groups is 1. The zero-order chi connectivity index (χ0) is 11.5. The molecule has 0 aliphatic heterocycles. The number of carbonyl (C=O) groups excluding carboxylic acids is 1. The van der Waals surface area contributed by atoms with Crippen LogP contribution < -0.4 is 5.32 Å². The molecular weight excluding hydrogens is 209 g/mol. The van der Waals surface area contributed by atoms with E-state index in [1.54, 1.807) is 16.7 Å². The van der Waals surface area contributed by atoms with Crippen LogP contribution in [0.2, 0.25) is 0 Å². The summed E-state index contributed by atoms with van der Waals surface area (Å²) in [6.45, 7) is 2.01. The molecule has 0 atom stereocenters. The van der Waals surface area contributed by atoms with Gasteiger partial charge in [0.1, 0.15) is 11.5 Å². The van der Waals surface area contributed by atoms with Crippen molar-refractivity contribution in [2.24, 2.45) is 0 Å². The van der Waals surface area contributed by atoms with Gasteiger partial charge < -0.3 is 9.72 Å². The predicted octanol–water partition coefficient (Wildman–Crippen LogP) is 1.15. The number of pyridine rings is 1. The van der Waals surface area contributed by atoms with Gasteiger partial charge in [-0.2, -0.15) is 0 Å². The van der Waals surface area contributed by atoms with Gasteiger partial charge in [-0.25, -0.2) is 9.37 Å². The number of imidazole rings is 1. The minimum Gasteiger partial charge on any atom is -0.356 e. The lowest BCUT2D eigenvalue weighted by molar-refractivity contribution is -0.118. The SMILES string of the molecule is CC(=O)NCCc1cn2cc(F)ccc2n1. The summed E-state index contributed by atoms with van der Waals surface area (Å²) in [5.41, 5.74) is 1.54. The summed E-state index contributed by atoms with van der Waals surface area (Å²) in [6.07, 6.45) is 3.79. The lowest BCUT2D eigenvalue weighted by Gasteiger charge is -1.97. The Morgan fingerprint density at radius 3 is 3.06 bits per heavy atom. The molecule has 0 aliphatic rings. The van der Waals surface area contributed by atoms with Crippen molar-refractivity contribution in [2.75, 3.05) is 6.54 Å². The Morgan fingerprint density at radius 1 is 1.50 bits per heavy atom. The average molecular weight is 221 g/mol. The van der Waals surface area contributed by atoms with Crippen LogP contribution in [0.1, 0.15) is 12.6 Å². The van der Waals surface area contributed by atoms with Crippen LogP contribution in [0.3, 0.4) is 0 Å². The first-order chi connectivity index (χ1) is 7.65. The van der Waals surface area contributed by atoms with E-state index in [2.05, 4.69) is 10.3 Å². The summed E-state index contributed by atoms with van der Waals surface area (Å²) in [5, 5.41) is 2.69. The minimum absolute atomic E-state index is 0.0604. The molecule has 0 radical (unpaired) electrons. The molecule has 4 nitrogen and oxygen atoms in total. The van der Waals surface area contributed by atoms with Gasteiger partial charge in [-0.3, -0.25) is 4.79 Å². The fraction of sp³-hybridized carbons (Fsp3) is 0.273. The second-order valence-electron chi connectivity index (χ2n) is 3.58. The molecule has 2 aromatic heterocycles. The molecule has 2 heterocycles. The quantitative estimate of drug-likeness (QED) is 0.845. The third kappa shape index (κ3) is 2.36. The monoisotopic (exact) mass is 221 g/mol. The van der Waals surface area contributed by atoms with Crippen LogP contribution in [0.25, 0.3) is 5.65 Å². The molecule has 0 saturated heterocycles. The van der Waals surface area contributed by atoms with Crippen LogP contribution in [-0.4, -0.2) is 21.8 Å². The van der Waals surface area contributed by atoms with Gasteiger partial charge in [0.15, 0.2) is 0 Å². The first-order valence-corrected chi connectivity index (χ1v) is 5.03. The van der Waals surface area contributed by atoms with E-state index in [1.807, 2.05) is 0 Å². The van der Waals surface area contributed by atoms with E-state index in [0.717, 1.165) is 5.69 Å². The van der Waals surface area contributed by atoms with Gasteiger partial charge in [0.2, 0.25) is 5.91 Å². The molecule has 16 heavy (non-hydrogen) atoms. The number of halogens is 1. The third-order valence-corrected chi connectivity index (χ3v) is 2.22. The summed E-state index contributed by atoms with van der Waals surface area (Å²) in [4.78, 5) is 15.0. The van der Waals surface area contributed by atoms with E-state index in [0.29, 0.717) is 18.6 Å². The predicted molar refractivity (Wildman–Crippen MR) is 57.5 cm³/mol. The van der Waals surface area contributed by atoms with Crippen LogP contribution >= 0.6 is 0 Å². The molecular formula is C11H12FN3O. The van der Waals surface area contributed by atoms with Crippen LogP contribution in [-0.2, 0) is 11.2 Å². The third-order valence-electron chi connectivity index (χ3n) is 2.22. The van der Waals surface area contributed by atoms with Crippen molar-refractivity contribution in [3.8, 4) is 0 Å². The van der Waals surface area contributed by atoms with Gasteiger partial charge in [-0.15, -0.1) is 0 Å². The largest absolute Gasteiger partial charge is 0.356 e. The summed E-state index contributed by atoms with van der Waals surface area (Å²) in [7, 11) is 0. The molecule has 84 valence electrons. The van der Waals surface area contributed by atoms with E-state index < -0.39 is 0 Å². The fourth-order valence-corrected chi connectivity index (χ4v) is 1.50. The number of rotatable bonds is 3. The van der Waals surface area contributed by atoms with Gasteiger partial charge in [0.05, 0.1) is 5.69 Å². The highest BCUT2D eigenvalue weighted by Crippen LogP contribution is 2.07. The molecule has 0 bridgehead atoms. The fourth-order valence-electron chi connectivity index (χ4n) is 1.50. The Kier molecular flexibility index (Phi) is 2.85. The lowest BCUT2D eigenvalue weighted by atomic mass is 10.3. The normalized spacial score (nSPS) is 10.6. The van der Waals surface area contributed by atoms with Gasteiger partial charge >= 0.3 is 0 Å². The topological polar surface area (TPSA) is 46.4 Å². The van der Waals surface area contributed by atoms with Crippen LogP contribution in [0, 0.1) is 5.82 Å². The summed E-state index contributed by atoms with van der Waals surface area (Å²) in [5.74, 6) is -0.354. The maximum Gasteiger partial charge on any atom is 0.216 e. The van der Waals surface area contributed by atoms with Crippen LogP contribution in [0.4, 0.5) is 4.39 Å². The molecule has 0 aromatic carbocycles. The molecule has 2 rings (SSSR count). The van der Waals surface area contributed by atoms with Crippen LogP contribution in [0.15, 0.2) is 24.5 Å². The maximum atomic E-state index is 12.9. The maximum absolute atomic E-state index is 12.9. The molecule has 0 aliphatic carbocycles. The average Bonchev–Trinajstić information content (AvgIpc) is 2.58. The van der Waals surface area contributed by atoms with E-state index in [1.165, 1.54) is 19.2 Å². The van der Waals surface area contributed by atoms with Crippen molar-refractivity contribution in [2.45, 2.75) is 13.3 Å². The summed E-state index contributed by atoms with van der Waals surface area (Å²) in [6, 6.07) is 3.00. The molecule has 1 N–H and O–H groups in total. The van der Waals surface area contributed by atoms with Crippen molar-refractivity contribution in [3.05, 3.63) is 36.0 Å². The summed E-state index contributed by atoms with van der Waals surface area (Å²) >= 11 is 0. The number of nitrogens with one attached hydrogen (secondary N) is 1. The smallest absolute Gasteiger partial charge is 0.216 e. The molecule has 0 saturated carbocycles. The number of fused-ring (bicyclic) bond motifs is 1. The highest BCUT2D eigenvalue weighted by molar-refractivity contribution is 5.72. The highest BCUT2D eigenvalue weighted by Gasteiger charge is 2.02. The van der Waals surface area contributed by atoms with Gasteiger partial charge in [0.25, 0.3) is 0 Å². The van der Waals surface area contributed by atoms with Crippen molar-refractivity contribution in [1.29, 1.82) is 0 Å². The standard InChI is InChI=1S/C11H12FN3O/c1-8(16)13-5-4-10-7-15-6-9(12)2-3-11(15)14-10/h2-3,6-7H,4-5H2,1H3,(H,13,16). The second-order valence-corrected chi connectivity index (χ2v) is 3.58. The molecule has 1 amide bonds. The molecule has 0 unspecified atom stereocenters. The van der Waals surface area contributed by atoms with Gasteiger partial charge in [-0.1, -0.05) is 0 Å². The van der Waals surface area contributed by atoms with E-state index in [-0.39, 0.29) is 11.7 Å². The van der Waals surface area contributed by atoms with E-state index >= 15 is 0 Å². The van der Waals surface area contributed by atoms with Crippen molar-refractivity contribution >= 4 is 11.6 Å². The molecule has 0 fully saturated rings. The zero-order valence-corrected chi connectivity index (χ0v) is 8.90. The molecule has 0 spiro atoms. The number of hydrogen-bond donors (Lipinski definition) is 1. The second kappa shape index (κ2) is 4.30. The first-order valence-electron chi connectivity index (χ1n) is 5.03. The Morgan fingerprint density at radius 2 is 2.31 bits per heavy atom. The van der Waals surface area contributed by atoms with Crippen molar-refractivity contribution < 1.29 is 9.18 Å². The molecule has 5 heteroatoms. The van der Waals surface area contributed by atoms with Crippen molar-refractivity contribution in [1.82, 2.24) is 14.7 Å². The highest BCUT2D eigenvalue weighted by atomic mass is 19.1. The Balaban J connectivity index is 2.10.